The molecule has 0 spiro atoms. The molecule has 0 saturated carbocycles. The molecule has 2 rings (SSSR count). The Morgan fingerprint density at radius 3 is 2.78 bits per heavy atom. The summed E-state index contributed by atoms with van der Waals surface area (Å²) in [5.74, 6) is -1.02. The zero-order chi connectivity index (χ0) is 13.1. The van der Waals surface area contributed by atoms with Crippen LogP contribution in [0.25, 0.3) is 10.9 Å². The molecule has 0 aliphatic carbocycles. The van der Waals surface area contributed by atoms with E-state index in [0.717, 1.165) is 0 Å². The number of aliphatic hydroxyl groups excluding tert-OH is 1. The van der Waals surface area contributed by atoms with Crippen LogP contribution >= 0.6 is 0 Å². The maximum Gasteiger partial charge on any atom is 0.137 e. The first-order valence-electron chi connectivity index (χ1n) is 5.45. The Balaban J connectivity index is 2.39. The summed E-state index contributed by atoms with van der Waals surface area (Å²) in [6, 6.07) is 5.96. The van der Waals surface area contributed by atoms with Gasteiger partial charge >= 0.3 is 0 Å². The van der Waals surface area contributed by atoms with Gasteiger partial charge in [-0.15, -0.1) is 0 Å². The first-order chi connectivity index (χ1) is 8.59. The molecule has 0 radical (unpaired) electrons. The average molecular weight is 246 g/mol. The number of hydrogen-bond acceptors (Lipinski definition) is 6. The van der Waals surface area contributed by atoms with Gasteiger partial charge in [0.05, 0.1) is 23.6 Å². The van der Waals surface area contributed by atoms with E-state index in [2.05, 4.69) is 15.3 Å². The van der Waals surface area contributed by atoms with Crippen molar-refractivity contribution in [1.29, 1.82) is 0 Å². The fourth-order valence-corrected chi connectivity index (χ4v) is 1.64. The van der Waals surface area contributed by atoms with E-state index in [0.29, 0.717) is 16.7 Å². The van der Waals surface area contributed by atoms with E-state index in [1.165, 1.54) is 13.3 Å². The van der Waals surface area contributed by atoms with Crippen molar-refractivity contribution < 1.29 is 15.0 Å². The molecule has 0 fully saturated rings. The Morgan fingerprint density at radius 1 is 1.39 bits per heavy atom. The first kappa shape index (κ1) is 12.3. The minimum atomic E-state index is -1.38. The lowest BCUT2D eigenvalue weighted by Crippen LogP contribution is -2.47. The van der Waals surface area contributed by atoms with Crippen molar-refractivity contribution in [2.75, 3.05) is 5.32 Å². The molecule has 2 atom stereocenters. The summed E-state index contributed by atoms with van der Waals surface area (Å²) < 4.78 is 0. The minimum Gasteiger partial charge on any atom is -0.548 e. The molecule has 94 valence electrons. The van der Waals surface area contributed by atoms with Gasteiger partial charge in [-0.3, -0.25) is 0 Å². The van der Waals surface area contributed by atoms with Gasteiger partial charge in [0, 0.05) is 5.39 Å². The van der Waals surface area contributed by atoms with Crippen molar-refractivity contribution in [2.24, 2.45) is 0 Å². The van der Waals surface area contributed by atoms with Crippen molar-refractivity contribution in [3.8, 4) is 0 Å². The monoisotopic (exact) mass is 246 g/mol. The topological polar surface area (TPSA) is 98.2 Å². The third-order valence-electron chi connectivity index (χ3n) is 2.57. The summed E-state index contributed by atoms with van der Waals surface area (Å²) in [6.45, 7) is 1.37. The Bertz CT molecular complexity index is 566. The molecule has 0 amide bonds. The van der Waals surface area contributed by atoms with Crippen LogP contribution in [0, 0.1) is 0 Å². The van der Waals surface area contributed by atoms with E-state index in [-0.39, 0.29) is 0 Å². The number of carbonyl (C=O) groups excluding carboxylic acids is 1. The second-order valence-electron chi connectivity index (χ2n) is 3.92. The molecule has 0 unspecified atom stereocenters. The molecule has 0 saturated heterocycles. The lowest BCUT2D eigenvalue weighted by Gasteiger charge is -2.23. The fourth-order valence-electron chi connectivity index (χ4n) is 1.64. The maximum absolute atomic E-state index is 10.9. The highest BCUT2D eigenvalue weighted by atomic mass is 16.4. The van der Waals surface area contributed by atoms with Gasteiger partial charge in [-0.1, -0.05) is 12.1 Å². The summed E-state index contributed by atoms with van der Waals surface area (Å²) >= 11 is 0. The molecule has 0 aliphatic rings. The van der Waals surface area contributed by atoms with Gasteiger partial charge in [0.1, 0.15) is 12.1 Å². The predicted octanol–water partition coefficient (Wildman–Crippen LogP) is -0.459. The predicted molar refractivity (Wildman–Crippen MR) is 63.6 cm³/mol. The Labute approximate surface area is 103 Å². The van der Waals surface area contributed by atoms with Crippen LogP contribution < -0.4 is 10.4 Å². The standard InChI is InChI=1S/C12H13N3O3/c1-7(16)10(12(17)18)15-11-8-4-2-3-5-9(8)13-6-14-11/h2-7,10,16H,1H3,(H,17,18)(H,13,14,15)/p-1/t7-,10-/m0/s1. The molecule has 0 bridgehead atoms. The van der Waals surface area contributed by atoms with Gasteiger partial charge in [0.25, 0.3) is 0 Å². The Kier molecular flexibility index (Phi) is 3.38. The van der Waals surface area contributed by atoms with Gasteiger partial charge in [0.2, 0.25) is 0 Å². The number of para-hydroxylation sites is 1. The summed E-state index contributed by atoms with van der Waals surface area (Å²) in [5, 5.41) is 23.6. The zero-order valence-electron chi connectivity index (χ0n) is 9.70. The molecule has 1 heterocycles. The number of aliphatic hydroxyl groups is 1. The smallest absolute Gasteiger partial charge is 0.137 e. The van der Waals surface area contributed by atoms with Crippen molar-refractivity contribution in [3.05, 3.63) is 30.6 Å². The number of nitrogens with zero attached hydrogens (tertiary/aromatic N) is 2. The van der Waals surface area contributed by atoms with Crippen LogP contribution in [0.4, 0.5) is 5.82 Å². The first-order valence-corrected chi connectivity index (χ1v) is 5.45. The van der Waals surface area contributed by atoms with Crippen molar-refractivity contribution in [3.63, 3.8) is 0 Å². The summed E-state index contributed by atoms with van der Waals surface area (Å²) in [4.78, 5) is 19.0. The fraction of sp³-hybridized carbons (Fsp3) is 0.250. The van der Waals surface area contributed by atoms with E-state index in [1.807, 2.05) is 6.07 Å². The number of nitrogens with one attached hydrogen (secondary N) is 1. The number of carbonyl (C=O) groups is 1. The highest BCUT2D eigenvalue weighted by Crippen LogP contribution is 2.19. The Morgan fingerprint density at radius 2 is 2.11 bits per heavy atom. The maximum atomic E-state index is 10.9. The van der Waals surface area contributed by atoms with E-state index in [1.54, 1.807) is 18.2 Å². The normalized spacial score (nSPS) is 14.1. The number of fused-ring (bicyclic) bond motifs is 1. The lowest BCUT2D eigenvalue weighted by atomic mass is 10.1. The summed E-state index contributed by atoms with van der Waals surface area (Å²) in [5.41, 5.74) is 0.692. The van der Waals surface area contributed by atoms with Gasteiger partial charge in [0.15, 0.2) is 0 Å². The molecule has 6 nitrogen and oxygen atoms in total. The highest BCUT2D eigenvalue weighted by molar-refractivity contribution is 5.90. The van der Waals surface area contributed by atoms with Crippen molar-refractivity contribution >= 4 is 22.7 Å². The molecule has 1 aromatic heterocycles. The largest absolute Gasteiger partial charge is 0.548 e. The number of anilines is 1. The zero-order valence-corrected chi connectivity index (χ0v) is 9.70. The molecular weight excluding hydrogens is 234 g/mol. The number of carboxylic acid groups (broad SMARTS) is 1. The number of benzene rings is 1. The quantitative estimate of drug-likeness (QED) is 0.757. The van der Waals surface area contributed by atoms with Crippen molar-refractivity contribution in [1.82, 2.24) is 9.97 Å². The van der Waals surface area contributed by atoms with Crippen molar-refractivity contribution in [2.45, 2.75) is 19.1 Å². The molecular formula is C12H12N3O3-. The van der Waals surface area contributed by atoms with Crippen LogP contribution in [0.1, 0.15) is 6.92 Å². The van der Waals surface area contributed by atoms with Crippen LogP contribution in [0.5, 0.6) is 0 Å². The molecule has 18 heavy (non-hydrogen) atoms. The van der Waals surface area contributed by atoms with Crippen LogP contribution in [0.15, 0.2) is 30.6 Å². The van der Waals surface area contributed by atoms with Gasteiger partial charge in [-0.25, -0.2) is 9.97 Å². The van der Waals surface area contributed by atoms with E-state index in [4.69, 9.17) is 0 Å². The molecule has 2 aromatic rings. The third kappa shape index (κ3) is 2.38. The number of carboxylic acids is 1. The second-order valence-corrected chi connectivity index (χ2v) is 3.92. The van der Waals surface area contributed by atoms with Crippen LogP contribution in [0.2, 0.25) is 0 Å². The van der Waals surface area contributed by atoms with Crippen LogP contribution in [0.3, 0.4) is 0 Å². The van der Waals surface area contributed by atoms with Crippen LogP contribution in [-0.2, 0) is 4.79 Å². The van der Waals surface area contributed by atoms with E-state index in [9.17, 15) is 15.0 Å². The highest BCUT2D eigenvalue weighted by Gasteiger charge is 2.17. The van der Waals surface area contributed by atoms with E-state index < -0.39 is 18.1 Å². The molecule has 0 aliphatic heterocycles. The summed E-state index contributed by atoms with van der Waals surface area (Å²) in [6.07, 6.45) is 0.239. The van der Waals surface area contributed by atoms with Crippen LogP contribution in [-0.4, -0.2) is 33.2 Å². The van der Waals surface area contributed by atoms with Gasteiger partial charge < -0.3 is 20.3 Å². The number of aliphatic carboxylic acids is 1. The van der Waals surface area contributed by atoms with Gasteiger partial charge in [-0.2, -0.15) is 0 Å². The molecule has 1 aromatic carbocycles. The second kappa shape index (κ2) is 4.97. The Hall–Kier alpha value is -2.21. The average Bonchev–Trinajstić information content (AvgIpc) is 2.35. The van der Waals surface area contributed by atoms with E-state index >= 15 is 0 Å². The molecule has 2 N–H and O–H groups in total. The number of hydrogen-bond donors (Lipinski definition) is 2. The number of aromatic nitrogens is 2. The molecule has 6 heteroatoms. The minimum absolute atomic E-state index is 0.357. The lowest BCUT2D eigenvalue weighted by molar-refractivity contribution is -0.308. The van der Waals surface area contributed by atoms with Gasteiger partial charge in [-0.05, 0) is 19.1 Å². The SMILES string of the molecule is C[C@H](O)[C@H](Nc1ncnc2ccccc12)C(=O)[O-]. The third-order valence-corrected chi connectivity index (χ3v) is 2.57. The summed E-state index contributed by atoms with van der Waals surface area (Å²) in [7, 11) is 0. The number of rotatable bonds is 4.